The Morgan fingerprint density at radius 3 is 2.65 bits per heavy atom. The summed E-state index contributed by atoms with van der Waals surface area (Å²) in [4.78, 5) is 30.8. The minimum atomic E-state index is -0.616. The van der Waals surface area contributed by atoms with Crippen molar-refractivity contribution in [1.29, 1.82) is 0 Å². The van der Waals surface area contributed by atoms with E-state index in [0.29, 0.717) is 12.3 Å². The number of hydrogen-bond acceptors (Lipinski definition) is 6. The fourth-order valence-electron chi connectivity index (χ4n) is 3.26. The lowest BCUT2D eigenvalue weighted by Crippen LogP contribution is -2.29. The Labute approximate surface area is 232 Å². The normalized spacial score (nSPS) is 11.7. The van der Waals surface area contributed by atoms with Gasteiger partial charge in [-0.15, -0.1) is 16.4 Å². The second-order valence-electron chi connectivity index (χ2n) is 8.14. The van der Waals surface area contributed by atoms with Crippen molar-refractivity contribution < 1.29 is 14.3 Å². The van der Waals surface area contributed by atoms with Gasteiger partial charge in [0, 0.05) is 29.2 Å². The van der Waals surface area contributed by atoms with Gasteiger partial charge in [0.25, 0.3) is 11.8 Å². The van der Waals surface area contributed by atoms with Crippen molar-refractivity contribution >= 4 is 63.6 Å². The van der Waals surface area contributed by atoms with Crippen molar-refractivity contribution in [3.05, 3.63) is 79.7 Å². The van der Waals surface area contributed by atoms with Crippen LogP contribution in [0.1, 0.15) is 41.1 Å². The van der Waals surface area contributed by atoms with Crippen LogP contribution in [0.15, 0.2) is 53.4 Å². The molecule has 0 aliphatic rings. The van der Waals surface area contributed by atoms with E-state index in [9.17, 15) is 9.59 Å². The summed E-state index contributed by atoms with van der Waals surface area (Å²) in [6.45, 7) is 4.51. The highest BCUT2D eigenvalue weighted by atomic mass is 35.5. The van der Waals surface area contributed by atoms with E-state index in [-0.39, 0.29) is 49.6 Å². The molecule has 2 amide bonds. The second kappa shape index (κ2) is 12.0. The molecule has 3 heterocycles. The van der Waals surface area contributed by atoms with Crippen molar-refractivity contribution in [3.63, 3.8) is 0 Å². The maximum atomic E-state index is 13.5. The lowest BCUT2D eigenvalue weighted by molar-refractivity contribution is 0.0948. The van der Waals surface area contributed by atoms with Crippen LogP contribution in [0.25, 0.3) is 5.82 Å². The Kier molecular flexibility index (Phi) is 8.71. The first kappa shape index (κ1) is 26.9. The maximum Gasteiger partial charge on any atom is 0.274 e. The number of nitrogens with zero attached hydrogens (tertiary/aromatic N) is 3. The number of hydrogen-bond donors (Lipinski definition) is 2. The zero-order valence-electron chi connectivity index (χ0n) is 19.8. The van der Waals surface area contributed by atoms with Gasteiger partial charge in [-0.1, -0.05) is 55.1 Å². The molecule has 0 fully saturated rings. The summed E-state index contributed by atoms with van der Waals surface area (Å²) in [5.41, 5.74) is 0.298. The average Bonchev–Trinajstić information content (AvgIpc) is 3.54. The fraction of sp³-hybridized carbons (Fsp3) is 0.200. The first-order chi connectivity index (χ1) is 17.8. The number of carbonyl (C=O) groups is 2. The lowest BCUT2D eigenvalue weighted by Gasteiger charge is -2.15. The third-order valence-corrected chi connectivity index (χ3v) is 6.90. The standard InChI is InChI=1S/C25H22Cl3N5O3S/c1-3-14(2)12-30-24(34)17-9-15(26)10-19(28)22(17)31-25(35)20-11-21(36-16-6-8-37-13-16)32-33(20)23-18(27)5-4-7-29-23/h4-11,13-14H,3,12H2,1-2H3,(H,30,34)(H,31,35). The van der Waals surface area contributed by atoms with Crippen LogP contribution in [0.2, 0.25) is 15.1 Å². The number of pyridine rings is 1. The molecule has 0 aliphatic carbocycles. The van der Waals surface area contributed by atoms with Gasteiger partial charge in [-0.2, -0.15) is 0 Å². The van der Waals surface area contributed by atoms with E-state index in [1.54, 1.807) is 23.6 Å². The molecule has 192 valence electrons. The number of aromatic nitrogens is 3. The van der Waals surface area contributed by atoms with Crippen LogP contribution in [0.4, 0.5) is 5.69 Å². The van der Waals surface area contributed by atoms with Crippen LogP contribution in [-0.2, 0) is 0 Å². The van der Waals surface area contributed by atoms with E-state index in [2.05, 4.69) is 20.7 Å². The predicted molar refractivity (Wildman–Crippen MR) is 147 cm³/mol. The molecule has 0 spiro atoms. The molecule has 37 heavy (non-hydrogen) atoms. The number of benzene rings is 1. The largest absolute Gasteiger partial charge is 0.437 e. The molecule has 1 aromatic carbocycles. The molecule has 8 nitrogen and oxygen atoms in total. The van der Waals surface area contributed by atoms with E-state index in [4.69, 9.17) is 39.5 Å². The van der Waals surface area contributed by atoms with Gasteiger partial charge in [-0.05, 0) is 41.6 Å². The van der Waals surface area contributed by atoms with Gasteiger partial charge in [0.05, 0.1) is 21.3 Å². The minimum absolute atomic E-state index is 0.0582. The molecule has 1 atom stereocenters. The average molecular weight is 579 g/mol. The van der Waals surface area contributed by atoms with Crippen molar-refractivity contribution in [3.8, 4) is 17.4 Å². The van der Waals surface area contributed by atoms with E-state index < -0.39 is 11.8 Å². The van der Waals surface area contributed by atoms with Crippen LogP contribution in [0.3, 0.4) is 0 Å². The molecule has 0 aliphatic heterocycles. The van der Waals surface area contributed by atoms with Crippen LogP contribution in [0, 0.1) is 5.92 Å². The highest BCUT2D eigenvalue weighted by Crippen LogP contribution is 2.32. The number of carbonyl (C=O) groups excluding carboxylic acids is 2. The van der Waals surface area contributed by atoms with Gasteiger partial charge in [-0.3, -0.25) is 9.59 Å². The molecular formula is C25H22Cl3N5O3S. The molecule has 2 N–H and O–H groups in total. The van der Waals surface area contributed by atoms with Crippen molar-refractivity contribution in [2.24, 2.45) is 5.92 Å². The third-order valence-electron chi connectivity index (χ3n) is 5.42. The first-order valence-electron chi connectivity index (χ1n) is 11.3. The smallest absolute Gasteiger partial charge is 0.274 e. The van der Waals surface area contributed by atoms with Crippen LogP contribution in [0.5, 0.6) is 11.6 Å². The van der Waals surface area contributed by atoms with Crippen molar-refractivity contribution in [2.75, 3.05) is 11.9 Å². The third kappa shape index (κ3) is 6.42. The molecule has 0 radical (unpaired) electrons. The second-order valence-corrected chi connectivity index (χ2v) is 10.2. The summed E-state index contributed by atoms with van der Waals surface area (Å²) in [5, 5.41) is 14.3. The molecule has 3 aromatic heterocycles. The van der Waals surface area contributed by atoms with Crippen molar-refractivity contribution in [1.82, 2.24) is 20.1 Å². The molecular weight excluding hydrogens is 557 g/mol. The maximum absolute atomic E-state index is 13.5. The van der Waals surface area contributed by atoms with E-state index >= 15 is 0 Å². The number of nitrogens with one attached hydrogen (secondary N) is 2. The minimum Gasteiger partial charge on any atom is -0.437 e. The summed E-state index contributed by atoms with van der Waals surface area (Å²) in [6.07, 6.45) is 2.43. The predicted octanol–water partition coefficient (Wildman–Crippen LogP) is 7.11. The highest BCUT2D eigenvalue weighted by molar-refractivity contribution is 7.08. The van der Waals surface area contributed by atoms with E-state index in [1.807, 2.05) is 19.2 Å². The highest BCUT2D eigenvalue weighted by Gasteiger charge is 2.24. The Morgan fingerprint density at radius 2 is 1.95 bits per heavy atom. The molecule has 4 aromatic rings. The number of ether oxygens (including phenoxy) is 1. The molecule has 0 saturated heterocycles. The van der Waals surface area contributed by atoms with Gasteiger partial charge in [0.1, 0.15) is 11.4 Å². The van der Waals surface area contributed by atoms with Gasteiger partial charge >= 0.3 is 0 Å². The molecule has 12 heteroatoms. The summed E-state index contributed by atoms with van der Waals surface area (Å²) in [6, 6.07) is 9.41. The monoisotopic (exact) mass is 577 g/mol. The molecule has 4 rings (SSSR count). The first-order valence-corrected chi connectivity index (χ1v) is 13.3. The summed E-state index contributed by atoms with van der Waals surface area (Å²) < 4.78 is 7.06. The Bertz CT molecular complexity index is 1430. The zero-order chi connectivity index (χ0) is 26.5. The fourth-order valence-corrected chi connectivity index (χ4v) is 4.55. The number of anilines is 1. The van der Waals surface area contributed by atoms with Gasteiger partial charge in [0.15, 0.2) is 5.82 Å². The zero-order valence-corrected chi connectivity index (χ0v) is 22.9. The number of amides is 2. The summed E-state index contributed by atoms with van der Waals surface area (Å²) in [5.74, 6) is 0.185. The van der Waals surface area contributed by atoms with E-state index in [0.717, 1.165) is 6.42 Å². The molecule has 0 saturated carbocycles. The van der Waals surface area contributed by atoms with Gasteiger partial charge in [0.2, 0.25) is 5.88 Å². The van der Waals surface area contributed by atoms with Gasteiger partial charge < -0.3 is 15.4 Å². The number of thiophene rings is 1. The molecule has 1 unspecified atom stereocenters. The lowest BCUT2D eigenvalue weighted by atomic mass is 10.1. The van der Waals surface area contributed by atoms with Crippen molar-refractivity contribution in [2.45, 2.75) is 20.3 Å². The van der Waals surface area contributed by atoms with Crippen LogP contribution in [-0.4, -0.2) is 33.1 Å². The topological polar surface area (TPSA) is 98.1 Å². The Balaban J connectivity index is 1.70. The Hall–Kier alpha value is -3.11. The van der Waals surface area contributed by atoms with Crippen LogP contribution < -0.4 is 15.4 Å². The Morgan fingerprint density at radius 1 is 1.14 bits per heavy atom. The number of halogens is 3. The SMILES string of the molecule is CCC(C)CNC(=O)c1cc(Cl)cc(Cl)c1NC(=O)c1cc(Oc2ccsc2)nn1-c1ncccc1Cl. The molecule has 0 bridgehead atoms. The van der Waals surface area contributed by atoms with Gasteiger partial charge in [-0.25, -0.2) is 9.67 Å². The van der Waals surface area contributed by atoms with Crippen LogP contribution >= 0.6 is 46.1 Å². The summed E-state index contributed by atoms with van der Waals surface area (Å²) in [7, 11) is 0. The summed E-state index contributed by atoms with van der Waals surface area (Å²) >= 11 is 20.4. The quantitative estimate of drug-likeness (QED) is 0.221. The van der Waals surface area contributed by atoms with E-state index in [1.165, 1.54) is 40.4 Å². The number of rotatable bonds is 9.